The molecule has 0 fully saturated rings. The first kappa shape index (κ1) is 20.0. The first-order valence-corrected chi connectivity index (χ1v) is 8.92. The number of hydrogen-bond acceptors (Lipinski definition) is 3. The number of carbonyl (C=O) groups excluding carboxylic acids is 1. The Hall–Kier alpha value is -2.33. The molecule has 1 atom stereocenters. The summed E-state index contributed by atoms with van der Waals surface area (Å²) in [7, 11) is 0. The maximum Gasteiger partial charge on any atom is 0.219 e. The van der Waals surface area contributed by atoms with Gasteiger partial charge in [-0.3, -0.25) is 4.79 Å². The van der Waals surface area contributed by atoms with Crippen molar-refractivity contribution in [1.29, 1.82) is 0 Å². The summed E-state index contributed by atoms with van der Waals surface area (Å²) >= 11 is 6.34. The van der Waals surface area contributed by atoms with Gasteiger partial charge in [0, 0.05) is 25.2 Å². The maximum absolute atomic E-state index is 11.0. The molecule has 0 aliphatic rings. The zero-order valence-electron chi connectivity index (χ0n) is 15.8. The van der Waals surface area contributed by atoms with Gasteiger partial charge in [0.15, 0.2) is 0 Å². The lowest BCUT2D eigenvalue weighted by molar-refractivity contribution is -0.119. The Morgan fingerprint density at radius 3 is 2.54 bits per heavy atom. The molecule has 138 valence electrons. The lowest BCUT2D eigenvalue weighted by Gasteiger charge is -2.20. The summed E-state index contributed by atoms with van der Waals surface area (Å²) in [6.45, 7) is 9.82. The van der Waals surface area contributed by atoms with Crippen LogP contribution < -0.4 is 10.1 Å². The molecule has 26 heavy (non-hydrogen) atoms. The number of carbonyl (C=O) groups is 1. The molecule has 1 aromatic heterocycles. The molecule has 2 aromatic rings. The normalized spacial score (nSPS) is 12.8. The van der Waals surface area contributed by atoms with Crippen LogP contribution in [0.15, 0.2) is 42.6 Å². The number of pyridine rings is 1. The van der Waals surface area contributed by atoms with Crippen LogP contribution in [-0.2, 0) is 10.2 Å². The number of benzene rings is 1. The van der Waals surface area contributed by atoms with Crippen LogP contribution in [0.25, 0.3) is 6.08 Å². The number of amides is 1. The van der Waals surface area contributed by atoms with E-state index in [0.29, 0.717) is 16.7 Å². The Morgan fingerprint density at radius 1 is 1.27 bits per heavy atom. The van der Waals surface area contributed by atoms with Gasteiger partial charge in [-0.2, -0.15) is 0 Å². The van der Waals surface area contributed by atoms with Crippen LogP contribution in [0.2, 0.25) is 5.02 Å². The summed E-state index contributed by atoms with van der Waals surface area (Å²) in [4.78, 5) is 15.3. The van der Waals surface area contributed by atoms with Crippen LogP contribution in [0, 0.1) is 0 Å². The summed E-state index contributed by atoms with van der Waals surface area (Å²) in [5.41, 5.74) is 2.10. The highest BCUT2D eigenvalue weighted by Crippen LogP contribution is 2.33. The number of nitrogens with zero attached hydrogens (tertiary/aromatic N) is 1. The van der Waals surface area contributed by atoms with E-state index in [9.17, 15) is 4.79 Å². The fourth-order valence-electron chi connectivity index (χ4n) is 2.34. The summed E-state index contributed by atoms with van der Waals surface area (Å²) < 4.78 is 5.79. The molecule has 1 aromatic carbocycles. The second kappa shape index (κ2) is 8.37. The van der Waals surface area contributed by atoms with Gasteiger partial charge < -0.3 is 10.1 Å². The lowest BCUT2D eigenvalue weighted by Crippen LogP contribution is -2.28. The zero-order chi connectivity index (χ0) is 19.3. The molecule has 0 spiro atoms. The van der Waals surface area contributed by atoms with Gasteiger partial charge in [-0.25, -0.2) is 4.98 Å². The smallest absolute Gasteiger partial charge is 0.219 e. The quantitative estimate of drug-likeness (QED) is 0.768. The van der Waals surface area contributed by atoms with Gasteiger partial charge >= 0.3 is 0 Å². The van der Waals surface area contributed by atoms with E-state index in [1.165, 1.54) is 6.92 Å². The van der Waals surface area contributed by atoms with E-state index < -0.39 is 0 Å². The van der Waals surface area contributed by atoms with Crippen molar-refractivity contribution in [1.82, 2.24) is 10.3 Å². The van der Waals surface area contributed by atoms with Crippen molar-refractivity contribution in [3.8, 4) is 11.6 Å². The Balaban J connectivity index is 2.05. The van der Waals surface area contributed by atoms with Gasteiger partial charge in [-0.1, -0.05) is 50.6 Å². The standard InChI is InChI=1S/C21H25ClN2O2/c1-14(24-15(2)25)6-7-16-8-11-20(23-13-16)26-19-10-9-17(12-18(19)22)21(3,4)5/h6-14H,1-5H3,(H,24,25)/b7-6+/t14-/m0/s1. The Labute approximate surface area is 160 Å². The van der Waals surface area contributed by atoms with Crippen molar-refractivity contribution in [3.63, 3.8) is 0 Å². The summed E-state index contributed by atoms with van der Waals surface area (Å²) in [6.07, 6.45) is 5.52. The molecule has 0 aliphatic heterocycles. The largest absolute Gasteiger partial charge is 0.437 e. The Morgan fingerprint density at radius 2 is 2.00 bits per heavy atom. The average Bonchev–Trinajstić information content (AvgIpc) is 2.54. The zero-order valence-corrected chi connectivity index (χ0v) is 16.6. The van der Waals surface area contributed by atoms with Gasteiger partial charge in [-0.15, -0.1) is 0 Å². The average molecular weight is 373 g/mol. The van der Waals surface area contributed by atoms with Crippen LogP contribution in [0.5, 0.6) is 11.6 Å². The van der Waals surface area contributed by atoms with Crippen LogP contribution in [0.1, 0.15) is 45.7 Å². The molecule has 1 N–H and O–H groups in total. The highest BCUT2D eigenvalue weighted by molar-refractivity contribution is 6.32. The molecule has 0 saturated heterocycles. The molecule has 2 rings (SSSR count). The fourth-order valence-corrected chi connectivity index (χ4v) is 2.56. The van der Waals surface area contributed by atoms with Crippen molar-refractivity contribution in [2.45, 2.75) is 46.1 Å². The van der Waals surface area contributed by atoms with Crippen LogP contribution in [-0.4, -0.2) is 16.9 Å². The van der Waals surface area contributed by atoms with Crippen molar-refractivity contribution >= 4 is 23.6 Å². The summed E-state index contributed by atoms with van der Waals surface area (Å²) in [5.74, 6) is 0.996. The highest BCUT2D eigenvalue weighted by Gasteiger charge is 2.15. The lowest BCUT2D eigenvalue weighted by atomic mass is 9.87. The van der Waals surface area contributed by atoms with E-state index in [-0.39, 0.29) is 17.4 Å². The maximum atomic E-state index is 11.0. The van der Waals surface area contributed by atoms with Crippen molar-refractivity contribution in [2.24, 2.45) is 0 Å². The predicted molar refractivity (Wildman–Crippen MR) is 107 cm³/mol. The molecule has 1 heterocycles. The second-order valence-corrected chi connectivity index (χ2v) is 7.68. The molecule has 0 radical (unpaired) electrons. The molecular weight excluding hydrogens is 348 g/mol. The third-order valence-electron chi connectivity index (χ3n) is 3.78. The van der Waals surface area contributed by atoms with Crippen LogP contribution >= 0.6 is 11.6 Å². The van der Waals surface area contributed by atoms with E-state index in [2.05, 4.69) is 31.1 Å². The van der Waals surface area contributed by atoms with Crippen LogP contribution in [0.3, 0.4) is 0 Å². The Kier molecular flexibility index (Phi) is 6.43. The van der Waals surface area contributed by atoms with Crippen molar-refractivity contribution < 1.29 is 9.53 Å². The predicted octanol–water partition coefficient (Wildman–Crippen LogP) is 5.36. The fraction of sp³-hybridized carbons (Fsp3) is 0.333. The molecular formula is C21H25ClN2O2. The molecule has 5 heteroatoms. The SMILES string of the molecule is CC(=O)N[C@@H](C)/C=C/c1ccc(Oc2ccc(C(C)(C)C)cc2Cl)nc1. The minimum atomic E-state index is -0.0571. The third-order valence-corrected chi connectivity index (χ3v) is 4.08. The van der Waals surface area contributed by atoms with E-state index in [4.69, 9.17) is 16.3 Å². The number of rotatable bonds is 5. The number of hydrogen-bond donors (Lipinski definition) is 1. The first-order valence-electron chi connectivity index (χ1n) is 8.54. The van der Waals surface area contributed by atoms with Gasteiger partial charge in [0.25, 0.3) is 0 Å². The molecule has 0 unspecified atom stereocenters. The number of halogens is 1. The second-order valence-electron chi connectivity index (χ2n) is 7.28. The van der Waals surface area contributed by atoms with Crippen molar-refractivity contribution in [3.05, 3.63) is 58.8 Å². The third kappa shape index (κ3) is 5.88. The van der Waals surface area contributed by atoms with E-state index in [0.717, 1.165) is 11.1 Å². The van der Waals surface area contributed by atoms with Gasteiger partial charge in [0.2, 0.25) is 11.8 Å². The number of aromatic nitrogens is 1. The van der Waals surface area contributed by atoms with Gasteiger partial charge in [0.05, 0.1) is 5.02 Å². The minimum Gasteiger partial charge on any atom is -0.437 e. The van der Waals surface area contributed by atoms with Gasteiger partial charge in [0.1, 0.15) is 5.75 Å². The number of ether oxygens (including phenoxy) is 1. The molecule has 0 saturated carbocycles. The first-order chi connectivity index (χ1) is 12.1. The van der Waals surface area contributed by atoms with E-state index in [1.807, 2.05) is 43.3 Å². The number of nitrogens with one attached hydrogen (secondary N) is 1. The molecule has 4 nitrogen and oxygen atoms in total. The highest BCUT2D eigenvalue weighted by atomic mass is 35.5. The molecule has 0 aliphatic carbocycles. The van der Waals surface area contributed by atoms with E-state index in [1.54, 1.807) is 12.3 Å². The monoisotopic (exact) mass is 372 g/mol. The van der Waals surface area contributed by atoms with Crippen LogP contribution in [0.4, 0.5) is 0 Å². The summed E-state index contributed by atoms with van der Waals surface area (Å²) in [6, 6.07) is 9.46. The van der Waals surface area contributed by atoms with E-state index >= 15 is 0 Å². The van der Waals surface area contributed by atoms with Gasteiger partial charge in [-0.05, 0) is 41.7 Å². The van der Waals surface area contributed by atoms with Crippen molar-refractivity contribution in [2.75, 3.05) is 0 Å². The Bertz CT molecular complexity index is 793. The summed E-state index contributed by atoms with van der Waals surface area (Å²) in [5, 5.41) is 3.36. The minimum absolute atomic E-state index is 0.0305. The topological polar surface area (TPSA) is 51.2 Å². The molecule has 0 bridgehead atoms. The molecule has 1 amide bonds.